The Bertz CT molecular complexity index is 795. The first kappa shape index (κ1) is 15.8. The van der Waals surface area contributed by atoms with E-state index in [1.54, 1.807) is 18.1 Å². The Labute approximate surface area is 144 Å². The van der Waals surface area contributed by atoms with Gasteiger partial charge in [0, 0.05) is 6.54 Å². The number of para-hydroxylation sites is 1. The normalized spacial score (nSPS) is 16.4. The lowest BCUT2D eigenvalue weighted by Gasteiger charge is -2.09. The molecule has 1 aromatic heterocycles. The van der Waals surface area contributed by atoms with Crippen LogP contribution in [0, 0.1) is 0 Å². The number of carbonyl (C=O) groups excluding carboxylic acids is 1. The molecule has 0 saturated carbocycles. The second kappa shape index (κ2) is 6.60. The SMILES string of the molecule is CCN1C(=O)S/C(=C/c2ccc(-c3ccccc3OC)o2)C1=S. The van der Waals surface area contributed by atoms with Gasteiger partial charge >= 0.3 is 0 Å². The van der Waals surface area contributed by atoms with E-state index >= 15 is 0 Å². The predicted octanol–water partition coefficient (Wildman–Crippen LogP) is 4.81. The number of methoxy groups -OCH3 is 1. The molecular formula is C17H15NO3S2. The van der Waals surface area contributed by atoms with Gasteiger partial charge in [0.05, 0.1) is 17.6 Å². The highest BCUT2D eigenvalue weighted by atomic mass is 32.2. The van der Waals surface area contributed by atoms with E-state index in [4.69, 9.17) is 21.4 Å². The van der Waals surface area contributed by atoms with Crippen molar-refractivity contribution in [2.24, 2.45) is 0 Å². The van der Waals surface area contributed by atoms with E-state index in [2.05, 4.69) is 0 Å². The first-order valence-corrected chi connectivity index (χ1v) is 8.35. The van der Waals surface area contributed by atoms with Gasteiger partial charge < -0.3 is 9.15 Å². The third-order valence-electron chi connectivity index (χ3n) is 3.46. The smallest absolute Gasteiger partial charge is 0.291 e. The lowest BCUT2D eigenvalue weighted by molar-refractivity contribution is 0.247. The molecule has 1 aliphatic rings. The van der Waals surface area contributed by atoms with Gasteiger partial charge in [0.15, 0.2) is 0 Å². The van der Waals surface area contributed by atoms with Crippen LogP contribution in [0.25, 0.3) is 17.4 Å². The zero-order valence-corrected chi connectivity index (χ0v) is 14.4. The topological polar surface area (TPSA) is 42.7 Å². The summed E-state index contributed by atoms with van der Waals surface area (Å²) in [5, 5.41) is -0.0414. The zero-order chi connectivity index (χ0) is 16.4. The summed E-state index contributed by atoms with van der Waals surface area (Å²) >= 11 is 6.47. The molecule has 0 radical (unpaired) electrons. The number of hydrogen-bond donors (Lipinski definition) is 0. The summed E-state index contributed by atoms with van der Waals surface area (Å²) in [5.41, 5.74) is 0.882. The standard InChI is InChI=1S/C17H15NO3S2/c1-3-18-16(22)15(23-17(18)19)10-11-8-9-14(21-11)12-6-4-5-7-13(12)20-2/h4-10H,3H2,1-2H3/b15-10+. The van der Waals surface area contributed by atoms with E-state index in [9.17, 15) is 4.79 Å². The highest BCUT2D eigenvalue weighted by Gasteiger charge is 2.30. The lowest BCUT2D eigenvalue weighted by atomic mass is 10.1. The molecule has 4 nitrogen and oxygen atoms in total. The van der Waals surface area contributed by atoms with E-state index in [1.807, 2.05) is 43.3 Å². The second-order valence-electron chi connectivity index (χ2n) is 4.83. The number of benzene rings is 1. The number of likely N-dealkylation sites (N-methyl/N-ethyl adjacent to an activating group) is 1. The zero-order valence-electron chi connectivity index (χ0n) is 12.7. The molecule has 0 bridgehead atoms. The van der Waals surface area contributed by atoms with Crippen molar-refractivity contribution >= 4 is 40.3 Å². The molecule has 0 atom stereocenters. The number of nitrogens with zero attached hydrogens (tertiary/aromatic N) is 1. The molecule has 1 aromatic carbocycles. The van der Waals surface area contributed by atoms with E-state index in [-0.39, 0.29) is 5.24 Å². The molecule has 0 N–H and O–H groups in total. The fourth-order valence-electron chi connectivity index (χ4n) is 2.33. The molecular weight excluding hydrogens is 330 g/mol. The van der Waals surface area contributed by atoms with Gasteiger partial charge in [-0.3, -0.25) is 9.69 Å². The summed E-state index contributed by atoms with van der Waals surface area (Å²) in [7, 11) is 1.63. The Balaban J connectivity index is 1.90. The largest absolute Gasteiger partial charge is 0.496 e. The third kappa shape index (κ3) is 3.04. The van der Waals surface area contributed by atoms with Crippen LogP contribution in [0.15, 0.2) is 45.7 Å². The molecule has 3 rings (SSSR count). The molecule has 1 saturated heterocycles. The van der Waals surface area contributed by atoms with E-state index in [0.29, 0.717) is 23.1 Å². The predicted molar refractivity (Wildman–Crippen MR) is 96.6 cm³/mol. The van der Waals surface area contributed by atoms with Gasteiger partial charge in [0.25, 0.3) is 5.24 Å². The molecule has 1 amide bonds. The average molecular weight is 345 g/mol. The minimum absolute atomic E-state index is 0.0414. The van der Waals surface area contributed by atoms with Crippen LogP contribution in [0.3, 0.4) is 0 Å². The summed E-state index contributed by atoms with van der Waals surface area (Å²) in [5.74, 6) is 2.11. The number of amides is 1. The van der Waals surface area contributed by atoms with Gasteiger partial charge in [-0.2, -0.15) is 0 Å². The Morgan fingerprint density at radius 1 is 1.30 bits per heavy atom. The number of ether oxygens (including phenoxy) is 1. The van der Waals surface area contributed by atoms with Gasteiger partial charge in [0.1, 0.15) is 22.3 Å². The molecule has 0 aliphatic carbocycles. The summed E-state index contributed by atoms with van der Waals surface area (Å²) in [4.78, 5) is 14.7. The van der Waals surface area contributed by atoms with Crippen molar-refractivity contribution in [2.75, 3.05) is 13.7 Å². The maximum atomic E-state index is 11.8. The van der Waals surface area contributed by atoms with Crippen LogP contribution in [-0.4, -0.2) is 28.8 Å². The average Bonchev–Trinajstić information content (AvgIpc) is 3.12. The Kier molecular flexibility index (Phi) is 4.54. The third-order valence-corrected chi connectivity index (χ3v) is 4.96. The quantitative estimate of drug-likeness (QED) is 0.587. The van der Waals surface area contributed by atoms with E-state index in [0.717, 1.165) is 28.0 Å². The first-order chi connectivity index (χ1) is 11.1. The highest BCUT2D eigenvalue weighted by Crippen LogP contribution is 2.35. The fourth-order valence-corrected chi connectivity index (χ4v) is 3.67. The second-order valence-corrected chi connectivity index (χ2v) is 6.21. The summed E-state index contributed by atoms with van der Waals surface area (Å²) in [6.07, 6.45) is 1.81. The molecule has 1 aliphatic heterocycles. The molecule has 0 spiro atoms. The molecule has 118 valence electrons. The highest BCUT2D eigenvalue weighted by molar-refractivity contribution is 8.19. The monoisotopic (exact) mass is 345 g/mol. The summed E-state index contributed by atoms with van der Waals surface area (Å²) in [6.45, 7) is 2.48. The van der Waals surface area contributed by atoms with Crippen molar-refractivity contribution < 1.29 is 13.9 Å². The summed E-state index contributed by atoms with van der Waals surface area (Å²) in [6, 6.07) is 11.4. The number of thiocarbonyl (C=S) groups is 1. The van der Waals surface area contributed by atoms with Gasteiger partial charge in [-0.1, -0.05) is 24.4 Å². The van der Waals surface area contributed by atoms with Crippen molar-refractivity contribution in [1.29, 1.82) is 0 Å². The number of thioether (sulfide) groups is 1. The van der Waals surface area contributed by atoms with E-state index < -0.39 is 0 Å². The number of hydrogen-bond acceptors (Lipinski definition) is 5. The molecule has 1 fully saturated rings. The molecule has 6 heteroatoms. The maximum Gasteiger partial charge on any atom is 0.291 e. The minimum atomic E-state index is -0.0414. The minimum Gasteiger partial charge on any atom is -0.496 e. The van der Waals surface area contributed by atoms with Gasteiger partial charge in [-0.25, -0.2) is 0 Å². The number of furan rings is 1. The van der Waals surface area contributed by atoms with Crippen LogP contribution in [0.5, 0.6) is 5.75 Å². The van der Waals surface area contributed by atoms with Crippen LogP contribution < -0.4 is 4.74 Å². The molecule has 0 unspecified atom stereocenters. The summed E-state index contributed by atoms with van der Waals surface area (Å²) < 4.78 is 11.2. The van der Waals surface area contributed by atoms with Crippen LogP contribution in [0.1, 0.15) is 12.7 Å². The van der Waals surface area contributed by atoms with Crippen LogP contribution in [0.2, 0.25) is 0 Å². The Hall–Kier alpha value is -2.05. The van der Waals surface area contributed by atoms with Crippen molar-refractivity contribution in [1.82, 2.24) is 4.90 Å². The molecule has 2 aromatic rings. The lowest BCUT2D eigenvalue weighted by Crippen LogP contribution is -2.26. The van der Waals surface area contributed by atoms with Crippen molar-refractivity contribution in [3.05, 3.63) is 47.1 Å². The van der Waals surface area contributed by atoms with Crippen LogP contribution in [-0.2, 0) is 0 Å². The van der Waals surface area contributed by atoms with Crippen molar-refractivity contribution in [2.45, 2.75) is 6.92 Å². The van der Waals surface area contributed by atoms with Crippen molar-refractivity contribution in [3.63, 3.8) is 0 Å². The van der Waals surface area contributed by atoms with Gasteiger partial charge in [0.2, 0.25) is 0 Å². The molecule has 2 heterocycles. The Morgan fingerprint density at radius 2 is 2.09 bits per heavy atom. The van der Waals surface area contributed by atoms with Crippen LogP contribution in [0.4, 0.5) is 4.79 Å². The first-order valence-electron chi connectivity index (χ1n) is 7.12. The number of carbonyl (C=O) groups is 1. The Morgan fingerprint density at radius 3 is 2.78 bits per heavy atom. The van der Waals surface area contributed by atoms with Gasteiger partial charge in [-0.15, -0.1) is 0 Å². The van der Waals surface area contributed by atoms with Crippen molar-refractivity contribution in [3.8, 4) is 17.1 Å². The van der Waals surface area contributed by atoms with E-state index in [1.165, 1.54) is 0 Å². The molecule has 23 heavy (non-hydrogen) atoms. The maximum absolute atomic E-state index is 11.8. The van der Waals surface area contributed by atoms with Gasteiger partial charge in [-0.05, 0) is 49.0 Å². The number of rotatable bonds is 4. The van der Waals surface area contributed by atoms with Crippen LogP contribution >= 0.6 is 24.0 Å². The fraction of sp³-hybridized carbons (Fsp3) is 0.176.